The third-order valence-corrected chi connectivity index (χ3v) is 5.29. The molecule has 2 unspecified atom stereocenters. The second-order valence-electron chi connectivity index (χ2n) is 6.32. The number of hydrogen-bond acceptors (Lipinski definition) is 3. The van der Waals surface area contributed by atoms with E-state index in [4.69, 9.17) is 10.5 Å². The molecule has 0 radical (unpaired) electrons. The van der Waals surface area contributed by atoms with Gasteiger partial charge in [0.1, 0.15) is 0 Å². The van der Waals surface area contributed by atoms with Crippen molar-refractivity contribution in [3.63, 3.8) is 0 Å². The number of nitrogens with zero attached hydrogens (tertiary/aromatic N) is 1. The molecule has 1 aliphatic heterocycles. The Morgan fingerprint density at radius 2 is 2.15 bits per heavy atom. The molecule has 3 rings (SSSR count). The van der Waals surface area contributed by atoms with Crippen molar-refractivity contribution in [2.24, 2.45) is 5.73 Å². The summed E-state index contributed by atoms with van der Waals surface area (Å²) in [6.45, 7) is 2.92. The molecule has 0 amide bonds. The first-order valence-electron chi connectivity index (χ1n) is 7.82. The van der Waals surface area contributed by atoms with Gasteiger partial charge in [0.25, 0.3) is 0 Å². The molecule has 1 aliphatic carbocycles. The first-order valence-corrected chi connectivity index (χ1v) is 7.82. The molecular weight excluding hydrogens is 248 g/mol. The summed E-state index contributed by atoms with van der Waals surface area (Å²) in [4.78, 5) is 2.63. The van der Waals surface area contributed by atoms with Crippen LogP contribution in [0, 0.1) is 0 Å². The molecule has 0 bridgehead atoms. The van der Waals surface area contributed by atoms with Crippen molar-refractivity contribution in [1.82, 2.24) is 4.90 Å². The van der Waals surface area contributed by atoms with Crippen molar-refractivity contribution >= 4 is 0 Å². The molecule has 20 heavy (non-hydrogen) atoms. The minimum absolute atomic E-state index is 0.145. The zero-order chi connectivity index (χ0) is 14.0. The normalized spacial score (nSPS) is 31.0. The van der Waals surface area contributed by atoms with Crippen LogP contribution in [0.5, 0.6) is 0 Å². The Bertz CT molecular complexity index is 462. The third-order valence-electron chi connectivity index (χ3n) is 5.29. The fourth-order valence-electron chi connectivity index (χ4n) is 3.99. The largest absolute Gasteiger partial charge is 0.381 e. The minimum Gasteiger partial charge on any atom is -0.381 e. The number of methoxy groups -OCH3 is 1. The predicted octanol–water partition coefficient (Wildman–Crippen LogP) is 2.33. The zero-order valence-corrected chi connectivity index (χ0v) is 12.5. The van der Waals surface area contributed by atoms with Crippen LogP contribution in [0.3, 0.4) is 0 Å². The lowest BCUT2D eigenvalue weighted by atomic mass is 9.77. The summed E-state index contributed by atoms with van der Waals surface area (Å²) in [6, 6.07) is 8.83. The van der Waals surface area contributed by atoms with Gasteiger partial charge in [0, 0.05) is 32.3 Å². The average molecular weight is 274 g/mol. The van der Waals surface area contributed by atoms with Gasteiger partial charge in [-0.15, -0.1) is 0 Å². The maximum absolute atomic E-state index is 6.21. The van der Waals surface area contributed by atoms with Gasteiger partial charge in [-0.05, 0) is 43.2 Å². The molecule has 1 aromatic carbocycles. The van der Waals surface area contributed by atoms with Gasteiger partial charge in [-0.1, -0.05) is 24.3 Å². The lowest BCUT2D eigenvalue weighted by Crippen LogP contribution is -2.58. The van der Waals surface area contributed by atoms with Crippen LogP contribution in [0.15, 0.2) is 24.3 Å². The molecule has 3 nitrogen and oxygen atoms in total. The quantitative estimate of drug-likeness (QED) is 0.919. The van der Waals surface area contributed by atoms with Crippen LogP contribution >= 0.6 is 0 Å². The summed E-state index contributed by atoms with van der Waals surface area (Å²) in [5.74, 6) is 0. The van der Waals surface area contributed by atoms with E-state index in [9.17, 15) is 0 Å². The Hall–Kier alpha value is -0.900. The molecule has 1 heterocycles. The second kappa shape index (κ2) is 5.84. The minimum atomic E-state index is 0.145. The Balaban J connectivity index is 1.80. The van der Waals surface area contributed by atoms with Gasteiger partial charge in [0.2, 0.25) is 0 Å². The van der Waals surface area contributed by atoms with E-state index in [-0.39, 0.29) is 5.54 Å². The summed E-state index contributed by atoms with van der Waals surface area (Å²) < 4.78 is 5.63. The fourth-order valence-corrected chi connectivity index (χ4v) is 3.99. The molecule has 1 fully saturated rings. The molecule has 0 saturated heterocycles. The van der Waals surface area contributed by atoms with Gasteiger partial charge in [-0.3, -0.25) is 4.90 Å². The number of benzene rings is 1. The van der Waals surface area contributed by atoms with Crippen molar-refractivity contribution in [2.45, 2.75) is 50.3 Å². The molecule has 2 atom stereocenters. The van der Waals surface area contributed by atoms with Crippen LogP contribution in [-0.4, -0.2) is 36.7 Å². The fraction of sp³-hybridized carbons (Fsp3) is 0.647. The molecule has 2 aliphatic rings. The van der Waals surface area contributed by atoms with E-state index in [1.807, 2.05) is 7.11 Å². The van der Waals surface area contributed by atoms with Gasteiger partial charge < -0.3 is 10.5 Å². The number of ether oxygens (including phenoxy) is 1. The van der Waals surface area contributed by atoms with Gasteiger partial charge >= 0.3 is 0 Å². The molecule has 110 valence electrons. The highest BCUT2D eigenvalue weighted by atomic mass is 16.5. The van der Waals surface area contributed by atoms with Crippen LogP contribution in [0.25, 0.3) is 0 Å². The van der Waals surface area contributed by atoms with Crippen molar-refractivity contribution in [1.29, 1.82) is 0 Å². The van der Waals surface area contributed by atoms with Gasteiger partial charge in [0.05, 0.1) is 6.10 Å². The van der Waals surface area contributed by atoms with Crippen molar-refractivity contribution in [3.05, 3.63) is 35.4 Å². The molecule has 0 aromatic heterocycles. The lowest BCUT2D eigenvalue weighted by molar-refractivity contribution is -0.0279. The summed E-state index contributed by atoms with van der Waals surface area (Å²) in [7, 11) is 1.84. The van der Waals surface area contributed by atoms with Crippen molar-refractivity contribution < 1.29 is 4.74 Å². The van der Waals surface area contributed by atoms with Crippen LogP contribution < -0.4 is 5.73 Å². The topological polar surface area (TPSA) is 38.5 Å². The van der Waals surface area contributed by atoms with E-state index in [0.29, 0.717) is 6.10 Å². The Labute approximate surface area is 122 Å². The lowest BCUT2D eigenvalue weighted by Gasteiger charge is -2.49. The standard InChI is InChI=1S/C17H26N2O/c1-20-16-7-4-9-17(11-16,13-18)19-10-8-14-5-2-3-6-15(14)12-19/h2-3,5-6,16H,4,7-13,18H2,1H3. The molecule has 1 aromatic rings. The average Bonchev–Trinajstić information content (AvgIpc) is 2.54. The first kappa shape index (κ1) is 14.1. The van der Waals surface area contributed by atoms with Crippen molar-refractivity contribution in [3.8, 4) is 0 Å². The van der Waals surface area contributed by atoms with Crippen LogP contribution in [0.2, 0.25) is 0 Å². The number of fused-ring (bicyclic) bond motifs is 1. The van der Waals surface area contributed by atoms with Gasteiger partial charge in [-0.25, -0.2) is 0 Å². The highest BCUT2D eigenvalue weighted by molar-refractivity contribution is 5.29. The summed E-state index contributed by atoms with van der Waals surface area (Å²) in [5.41, 5.74) is 9.34. The molecular formula is C17H26N2O. The Kier molecular flexibility index (Phi) is 4.11. The first-order chi connectivity index (χ1) is 9.77. The highest BCUT2D eigenvalue weighted by Crippen LogP contribution is 2.37. The van der Waals surface area contributed by atoms with Crippen LogP contribution in [0.1, 0.15) is 36.8 Å². The van der Waals surface area contributed by atoms with Gasteiger partial charge in [0.15, 0.2) is 0 Å². The zero-order valence-electron chi connectivity index (χ0n) is 12.5. The van der Waals surface area contributed by atoms with E-state index in [1.54, 1.807) is 0 Å². The summed E-state index contributed by atoms with van der Waals surface area (Å²) in [5, 5.41) is 0. The molecule has 3 heteroatoms. The van der Waals surface area contributed by atoms with E-state index >= 15 is 0 Å². The summed E-state index contributed by atoms with van der Waals surface area (Å²) >= 11 is 0. The predicted molar refractivity (Wildman–Crippen MR) is 81.6 cm³/mol. The highest BCUT2D eigenvalue weighted by Gasteiger charge is 2.41. The molecule has 2 N–H and O–H groups in total. The number of rotatable bonds is 3. The Morgan fingerprint density at radius 3 is 2.90 bits per heavy atom. The van der Waals surface area contributed by atoms with Crippen LogP contribution in [-0.2, 0) is 17.7 Å². The SMILES string of the molecule is COC1CCCC(CN)(N2CCc3ccccc3C2)C1. The Morgan fingerprint density at radius 1 is 1.35 bits per heavy atom. The molecule has 0 spiro atoms. The molecule has 1 saturated carbocycles. The van der Waals surface area contributed by atoms with Gasteiger partial charge in [-0.2, -0.15) is 0 Å². The van der Waals surface area contributed by atoms with E-state index in [2.05, 4.69) is 29.2 Å². The van der Waals surface area contributed by atoms with E-state index < -0.39 is 0 Å². The number of hydrogen-bond donors (Lipinski definition) is 1. The van der Waals surface area contributed by atoms with E-state index in [1.165, 1.54) is 30.4 Å². The smallest absolute Gasteiger partial charge is 0.0589 e. The number of nitrogens with two attached hydrogens (primary N) is 1. The maximum Gasteiger partial charge on any atom is 0.0589 e. The van der Waals surface area contributed by atoms with E-state index in [0.717, 1.165) is 32.5 Å². The third kappa shape index (κ3) is 2.50. The summed E-state index contributed by atoms with van der Waals surface area (Å²) in [6.07, 6.45) is 6.24. The van der Waals surface area contributed by atoms with Crippen LogP contribution in [0.4, 0.5) is 0 Å². The van der Waals surface area contributed by atoms with Crippen molar-refractivity contribution in [2.75, 3.05) is 20.2 Å². The monoisotopic (exact) mass is 274 g/mol. The maximum atomic E-state index is 6.21. The second-order valence-corrected chi connectivity index (χ2v) is 6.32.